The predicted molar refractivity (Wildman–Crippen MR) is 243 cm³/mol. The second-order valence-corrected chi connectivity index (χ2v) is 21.3. The molecule has 0 aliphatic carbocycles. The first-order valence-corrected chi connectivity index (χ1v) is 23.2. The van der Waals surface area contributed by atoms with Crippen molar-refractivity contribution in [2.45, 2.75) is 77.3 Å². The first kappa shape index (κ1) is 44.6. The van der Waals surface area contributed by atoms with Gasteiger partial charge in [0.2, 0.25) is 0 Å². The van der Waals surface area contributed by atoms with Crippen LogP contribution in [0.1, 0.15) is 68.0 Å². The van der Waals surface area contributed by atoms with Gasteiger partial charge in [0, 0.05) is 53.6 Å². The van der Waals surface area contributed by atoms with Crippen LogP contribution in [0.15, 0.2) is 109 Å². The molecule has 7 rings (SSSR count). The Hall–Kier alpha value is -5.40. The number of nitrogens with zero attached hydrogens (tertiary/aromatic N) is 2. The number of carboxylic acids is 1. The predicted octanol–water partition coefficient (Wildman–Crippen LogP) is 10.4. The maximum absolute atomic E-state index is 16.7. The molecule has 0 aliphatic heterocycles. The van der Waals surface area contributed by atoms with Crippen molar-refractivity contribution in [2.24, 2.45) is 0 Å². The van der Waals surface area contributed by atoms with Crippen molar-refractivity contribution in [1.29, 1.82) is 0 Å². The van der Waals surface area contributed by atoms with E-state index in [9.17, 15) is 19.4 Å². The molecular weight excluding hydrogens is 831 g/mol. The number of hydrogen-bond donors (Lipinski definition) is 3. The number of alkyl halides is 2. The fraction of sp³-hybridized carbons (Fsp3) is 0.306. The number of aromatic nitrogens is 3. The van der Waals surface area contributed by atoms with E-state index in [1.807, 2.05) is 88.4 Å². The highest BCUT2D eigenvalue weighted by atomic mass is 35.5. The minimum absolute atomic E-state index is 0.127. The SMILES string of the molecule is CCc1[nH]nc(CCO)c1-c1c(Cl)ccc2c(CCCOc3cccc4cc(F)ccc34)c(C(=O)O)n(CCC(F)(F)CO[Si](c3ccccc3)(c3ccccc3)C(C)(C)C)c12. The fourth-order valence-corrected chi connectivity index (χ4v) is 13.6. The molecule has 0 radical (unpaired) electrons. The molecule has 0 unspecified atom stereocenters. The van der Waals surface area contributed by atoms with E-state index in [2.05, 4.69) is 10.2 Å². The molecular formula is C49H51ClF3N3O5Si. The summed E-state index contributed by atoms with van der Waals surface area (Å²) in [7, 11) is -3.33. The Kier molecular flexibility index (Phi) is 13.3. The maximum Gasteiger partial charge on any atom is 0.352 e. The Morgan fingerprint density at radius 3 is 2.19 bits per heavy atom. The first-order chi connectivity index (χ1) is 29.7. The lowest BCUT2D eigenvalue weighted by Crippen LogP contribution is -2.67. The van der Waals surface area contributed by atoms with Crippen LogP contribution in [-0.2, 0) is 30.2 Å². The zero-order chi connectivity index (χ0) is 44.2. The topological polar surface area (TPSA) is 110 Å². The van der Waals surface area contributed by atoms with Crippen molar-refractivity contribution in [3.05, 3.63) is 143 Å². The van der Waals surface area contributed by atoms with Crippen molar-refractivity contribution >= 4 is 57.9 Å². The van der Waals surface area contributed by atoms with E-state index in [0.717, 1.165) is 15.8 Å². The summed E-state index contributed by atoms with van der Waals surface area (Å²) in [5.74, 6) is -4.47. The molecule has 2 heterocycles. The van der Waals surface area contributed by atoms with Gasteiger partial charge < -0.3 is 23.9 Å². The van der Waals surface area contributed by atoms with Gasteiger partial charge in [-0.05, 0) is 76.0 Å². The van der Waals surface area contributed by atoms with Gasteiger partial charge in [0.1, 0.15) is 17.3 Å². The Bertz CT molecular complexity index is 2640. The van der Waals surface area contributed by atoms with Crippen LogP contribution in [0.3, 0.4) is 0 Å². The lowest BCUT2D eigenvalue weighted by Gasteiger charge is -2.43. The minimum Gasteiger partial charge on any atom is -0.493 e. The summed E-state index contributed by atoms with van der Waals surface area (Å²) >= 11 is 7.04. The summed E-state index contributed by atoms with van der Waals surface area (Å²) in [6.07, 6.45) is 0.567. The van der Waals surface area contributed by atoms with Crippen LogP contribution in [-0.4, -0.2) is 65.0 Å². The highest BCUT2D eigenvalue weighted by Crippen LogP contribution is 2.43. The molecule has 0 atom stereocenters. The lowest BCUT2D eigenvalue weighted by atomic mass is 9.96. The van der Waals surface area contributed by atoms with Crippen LogP contribution in [0.2, 0.25) is 10.1 Å². The number of carboxylic acid groups (broad SMARTS) is 1. The average Bonchev–Trinajstić information content (AvgIpc) is 3.80. The van der Waals surface area contributed by atoms with Gasteiger partial charge in [-0.15, -0.1) is 0 Å². The number of carbonyl (C=O) groups is 1. The van der Waals surface area contributed by atoms with Gasteiger partial charge in [0.15, 0.2) is 0 Å². The molecule has 2 aromatic heterocycles. The van der Waals surface area contributed by atoms with Gasteiger partial charge in [-0.3, -0.25) is 5.10 Å². The third-order valence-corrected chi connectivity index (χ3v) is 16.9. The average molecular weight is 882 g/mol. The zero-order valence-electron chi connectivity index (χ0n) is 35.3. The lowest BCUT2D eigenvalue weighted by molar-refractivity contribution is -0.0534. The number of nitrogens with one attached hydrogen (secondary N) is 1. The van der Waals surface area contributed by atoms with Gasteiger partial charge in [-0.1, -0.05) is 118 Å². The van der Waals surface area contributed by atoms with Crippen LogP contribution in [0.5, 0.6) is 5.75 Å². The molecule has 3 N–H and O–H groups in total. The Morgan fingerprint density at radius 2 is 1.56 bits per heavy atom. The summed E-state index contributed by atoms with van der Waals surface area (Å²) in [6.45, 7) is 6.73. The van der Waals surface area contributed by atoms with E-state index in [4.69, 9.17) is 20.8 Å². The van der Waals surface area contributed by atoms with E-state index in [1.54, 1.807) is 36.4 Å². The number of aryl methyl sites for hydroxylation is 3. The van der Waals surface area contributed by atoms with Crippen molar-refractivity contribution in [3.8, 4) is 16.9 Å². The molecule has 0 saturated heterocycles. The normalized spacial score (nSPS) is 12.4. The number of aromatic carboxylic acids is 1. The van der Waals surface area contributed by atoms with E-state index in [0.29, 0.717) is 63.0 Å². The van der Waals surface area contributed by atoms with E-state index in [1.165, 1.54) is 16.7 Å². The molecule has 13 heteroatoms. The molecule has 0 spiro atoms. The molecule has 0 fully saturated rings. The highest BCUT2D eigenvalue weighted by molar-refractivity contribution is 6.99. The molecule has 324 valence electrons. The number of hydrogen-bond acceptors (Lipinski definition) is 5. The summed E-state index contributed by atoms with van der Waals surface area (Å²) in [4.78, 5) is 13.4. The van der Waals surface area contributed by atoms with Crippen LogP contribution < -0.4 is 15.1 Å². The Morgan fingerprint density at radius 1 is 0.887 bits per heavy atom. The number of H-pyrrole nitrogens is 1. The van der Waals surface area contributed by atoms with Gasteiger partial charge >= 0.3 is 5.97 Å². The largest absolute Gasteiger partial charge is 0.493 e. The Balaban J connectivity index is 1.28. The quantitative estimate of drug-likeness (QED) is 0.0585. The van der Waals surface area contributed by atoms with Crippen LogP contribution in [0.25, 0.3) is 32.8 Å². The van der Waals surface area contributed by atoms with Gasteiger partial charge in [-0.2, -0.15) is 5.10 Å². The number of fused-ring (bicyclic) bond motifs is 2. The van der Waals surface area contributed by atoms with Crippen molar-refractivity contribution in [3.63, 3.8) is 0 Å². The van der Waals surface area contributed by atoms with Crippen LogP contribution in [0, 0.1) is 5.82 Å². The smallest absolute Gasteiger partial charge is 0.352 e. The maximum atomic E-state index is 16.7. The molecule has 0 aliphatic rings. The zero-order valence-corrected chi connectivity index (χ0v) is 37.0. The third kappa shape index (κ3) is 8.79. The van der Waals surface area contributed by atoms with Gasteiger partial charge in [-0.25, -0.2) is 18.0 Å². The minimum atomic E-state index is -3.39. The monoisotopic (exact) mass is 881 g/mol. The standard InChI is InChI=1S/C49H51ClF3N3O5Si/c1-5-40-44(41(25-28-57)55-54-40)43-39(50)24-23-38-37(19-13-29-60-42-20-12-14-32-30-33(51)21-22-36(32)42)46(47(58)59)56(45(38)43)27-26-49(52,53)31-61-62(48(2,3)4,34-15-8-6-9-16-34)35-17-10-7-11-18-35/h6-12,14-18,20-24,30,57H,5,13,19,25-29,31H2,1-4H3,(H,54,55)(H,58,59). The summed E-state index contributed by atoms with van der Waals surface area (Å²) in [5, 5.41) is 31.9. The number of ether oxygens (including phenoxy) is 1. The van der Waals surface area contributed by atoms with Crippen LogP contribution >= 0.6 is 11.6 Å². The summed E-state index contributed by atoms with van der Waals surface area (Å²) in [6, 6.07) is 32.4. The second-order valence-electron chi connectivity index (χ2n) is 16.6. The van der Waals surface area contributed by atoms with Crippen LogP contribution in [0.4, 0.5) is 13.2 Å². The van der Waals surface area contributed by atoms with E-state index >= 15 is 8.78 Å². The van der Waals surface area contributed by atoms with Crippen molar-refractivity contribution < 1.29 is 37.3 Å². The molecule has 62 heavy (non-hydrogen) atoms. The third-order valence-electron chi connectivity index (χ3n) is 11.6. The first-order valence-electron chi connectivity index (χ1n) is 20.9. The van der Waals surface area contributed by atoms with E-state index < -0.39 is 38.3 Å². The number of rotatable bonds is 18. The molecule has 7 aromatic rings. The molecule has 0 bridgehead atoms. The number of aliphatic hydroxyl groups excluding tert-OH is 1. The number of benzene rings is 5. The van der Waals surface area contributed by atoms with Crippen molar-refractivity contribution in [2.75, 3.05) is 19.8 Å². The van der Waals surface area contributed by atoms with Crippen molar-refractivity contribution in [1.82, 2.24) is 14.8 Å². The van der Waals surface area contributed by atoms with Gasteiger partial charge in [0.25, 0.3) is 14.2 Å². The highest BCUT2D eigenvalue weighted by Gasteiger charge is 2.51. The second kappa shape index (κ2) is 18.5. The van der Waals surface area contributed by atoms with E-state index in [-0.39, 0.29) is 49.1 Å². The molecule has 0 amide bonds. The molecule has 5 aromatic carbocycles. The number of aromatic amines is 1. The summed E-state index contributed by atoms with van der Waals surface area (Å²) < 4.78 is 61.7. The molecule has 8 nitrogen and oxygen atoms in total. The number of aliphatic hydroxyl groups is 1. The number of halogens is 4. The fourth-order valence-electron chi connectivity index (χ4n) is 8.82. The Labute approximate surface area is 365 Å². The van der Waals surface area contributed by atoms with Gasteiger partial charge in [0.05, 0.1) is 29.4 Å². The summed E-state index contributed by atoms with van der Waals surface area (Å²) in [5.41, 5.74) is 3.01. The molecule has 0 saturated carbocycles.